The lowest BCUT2D eigenvalue weighted by Gasteiger charge is -2.39. The first-order chi connectivity index (χ1) is 8.85. The molecular weight excluding hydrogens is 220 g/mol. The molecule has 18 heavy (non-hydrogen) atoms. The van der Waals surface area contributed by atoms with E-state index >= 15 is 0 Å². The Hall–Kier alpha value is -1.12. The van der Waals surface area contributed by atoms with Gasteiger partial charge in [0.25, 0.3) is 0 Å². The first-order valence-electron chi connectivity index (χ1n) is 6.98. The molecule has 0 aromatic heterocycles. The van der Waals surface area contributed by atoms with E-state index in [4.69, 9.17) is 0 Å². The summed E-state index contributed by atoms with van der Waals surface area (Å²) in [6, 6.07) is 11.9. The molecule has 0 radical (unpaired) electrons. The highest BCUT2D eigenvalue weighted by Crippen LogP contribution is 2.20. The summed E-state index contributed by atoms with van der Waals surface area (Å²) in [5.74, 6) is 0. The van der Waals surface area contributed by atoms with E-state index in [0.29, 0.717) is 12.1 Å². The molecule has 1 saturated heterocycles. The van der Waals surface area contributed by atoms with Crippen LogP contribution in [0.1, 0.15) is 31.9 Å². The number of piperazine rings is 1. The molecule has 0 spiro atoms. The average Bonchev–Trinajstić information content (AvgIpc) is 2.45. The van der Waals surface area contributed by atoms with Gasteiger partial charge in [-0.25, -0.2) is 0 Å². The van der Waals surface area contributed by atoms with Crippen LogP contribution in [-0.2, 0) is 0 Å². The molecule has 2 heteroatoms. The molecule has 1 aliphatic heterocycles. The van der Waals surface area contributed by atoms with Crippen molar-refractivity contribution in [3.05, 3.63) is 48.0 Å². The van der Waals surface area contributed by atoms with E-state index in [1.807, 2.05) is 0 Å². The maximum absolute atomic E-state index is 3.68. The third kappa shape index (κ3) is 3.21. The first kappa shape index (κ1) is 13.3. The van der Waals surface area contributed by atoms with Crippen LogP contribution < -0.4 is 5.32 Å². The van der Waals surface area contributed by atoms with Crippen LogP contribution in [0.5, 0.6) is 0 Å². The molecule has 98 valence electrons. The topological polar surface area (TPSA) is 15.3 Å². The van der Waals surface area contributed by atoms with Gasteiger partial charge in [-0.05, 0) is 18.9 Å². The van der Waals surface area contributed by atoms with E-state index in [0.717, 1.165) is 19.6 Å². The molecule has 0 bridgehead atoms. The van der Waals surface area contributed by atoms with Crippen LogP contribution in [0, 0.1) is 0 Å². The lowest BCUT2D eigenvalue weighted by molar-refractivity contribution is 0.141. The minimum absolute atomic E-state index is 0.472. The fraction of sp³-hybridized carbons (Fsp3) is 0.500. The van der Waals surface area contributed by atoms with Crippen LogP contribution in [0.25, 0.3) is 0 Å². The van der Waals surface area contributed by atoms with Gasteiger partial charge in [-0.3, -0.25) is 4.90 Å². The largest absolute Gasteiger partial charge is 0.307 e. The Morgan fingerprint density at radius 1 is 1.33 bits per heavy atom. The van der Waals surface area contributed by atoms with Gasteiger partial charge in [-0.1, -0.05) is 49.4 Å². The molecule has 2 nitrogen and oxygen atoms in total. The molecule has 2 rings (SSSR count). The number of hydrogen-bond donors (Lipinski definition) is 1. The molecule has 2 atom stereocenters. The van der Waals surface area contributed by atoms with Crippen molar-refractivity contribution >= 4 is 0 Å². The SMILES string of the molecule is C/C=C/CN1CC(c2ccccc2)NCC1CC. The lowest BCUT2D eigenvalue weighted by Crippen LogP contribution is -2.52. The number of rotatable bonds is 4. The highest BCUT2D eigenvalue weighted by molar-refractivity contribution is 5.20. The summed E-state index contributed by atoms with van der Waals surface area (Å²) in [6.45, 7) is 7.64. The standard InChI is InChI=1S/C16H24N2/c1-3-5-11-18-13-16(17-12-15(18)4-2)14-9-7-6-8-10-14/h3,5-10,15-17H,4,11-13H2,1-2H3/b5-3+. The molecule has 1 heterocycles. The zero-order valence-corrected chi connectivity index (χ0v) is 11.5. The third-order valence-electron chi connectivity index (χ3n) is 3.78. The molecule has 1 aromatic carbocycles. The highest BCUT2D eigenvalue weighted by Gasteiger charge is 2.26. The van der Waals surface area contributed by atoms with E-state index in [9.17, 15) is 0 Å². The van der Waals surface area contributed by atoms with E-state index < -0.39 is 0 Å². The second-order valence-electron chi connectivity index (χ2n) is 4.96. The summed E-state index contributed by atoms with van der Waals surface area (Å²) in [4.78, 5) is 2.59. The van der Waals surface area contributed by atoms with E-state index in [1.165, 1.54) is 12.0 Å². The molecule has 1 aromatic rings. The van der Waals surface area contributed by atoms with Crippen LogP contribution in [0.4, 0.5) is 0 Å². The van der Waals surface area contributed by atoms with Crippen molar-refractivity contribution in [3.63, 3.8) is 0 Å². The zero-order chi connectivity index (χ0) is 12.8. The van der Waals surface area contributed by atoms with Crippen molar-refractivity contribution in [3.8, 4) is 0 Å². The summed E-state index contributed by atoms with van der Waals surface area (Å²) >= 11 is 0. The number of allylic oxidation sites excluding steroid dienone is 1. The fourth-order valence-corrected chi connectivity index (χ4v) is 2.63. The maximum Gasteiger partial charge on any atom is 0.0450 e. The Morgan fingerprint density at radius 3 is 2.78 bits per heavy atom. The monoisotopic (exact) mass is 244 g/mol. The van der Waals surface area contributed by atoms with Crippen LogP contribution in [0.2, 0.25) is 0 Å². The number of benzene rings is 1. The van der Waals surface area contributed by atoms with Gasteiger partial charge >= 0.3 is 0 Å². The summed E-state index contributed by atoms with van der Waals surface area (Å²) < 4.78 is 0. The number of nitrogens with zero attached hydrogens (tertiary/aromatic N) is 1. The fourth-order valence-electron chi connectivity index (χ4n) is 2.63. The molecule has 1 N–H and O–H groups in total. The Labute approximate surface area is 111 Å². The lowest BCUT2D eigenvalue weighted by atomic mass is 10.0. The average molecular weight is 244 g/mol. The van der Waals surface area contributed by atoms with Crippen LogP contribution in [-0.4, -0.2) is 30.6 Å². The second kappa shape index (κ2) is 6.72. The van der Waals surface area contributed by atoms with Gasteiger partial charge in [0.2, 0.25) is 0 Å². The summed E-state index contributed by atoms with van der Waals surface area (Å²) in [5, 5.41) is 3.68. The van der Waals surface area contributed by atoms with Gasteiger partial charge in [0.05, 0.1) is 0 Å². The number of hydrogen-bond acceptors (Lipinski definition) is 2. The van der Waals surface area contributed by atoms with Crippen molar-refractivity contribution in [2.75, 3.05) is 19.6 Å². The minimum atomic E-state index is 0.472. The quantitative estimate of drug-likeness (QED) is 0.819. The number of nitrogens with one attached hydrogen (secondary N) is 1. The van der Waals surface area contributed by atoms with Gasteiger partial charge in [0.1, 0.15) is 0 Å². The Kier molecular flexibility index (Phi) is 4.97. The molecule has 1 fully saturated rings. The van der Waals surface area contributed by atoms with Crippen molar-refractivity contribution in [1.29, 1.82) is 0 Å². The maximum atomic E-state index is 3.68. The van der Waals surface area contributed by atoms with Crippen LogP contribution in [0.3, 0.4) is 0 Å². The smallest absolute Gasteiger partial charge is 0.0450 e. The van der Waals surface area contributed by atoms with Crippen molar-refractivity contribution in [1.82, 2.24) is 10.2 Å². The van der Waals surface area contributed by atoms with E-state index in [1.54, 1.807) is 0 Å². The highest BCUT2D eigenvalue weighted by atomic mass is 15.2. The van der Waals surface area contributed by atoms with Crippen LogP contribution >= 0.6 is 0 Å². The Balaban J connectivity index is 2.04. The normalized spacial score (nSPS) is 25.7. The summed E-state index contributed by atoms with van der Waals surface area (Å²) in [5.41, 5.74) is 1.40. The minimum Gasteiger partial charge on any atom is -0.307 e. The Bertz CT molecular complexity index is 372. The molecule has 0 saturated carbocycles. The van der Waals surface area contributed by atoms with Crippen LogP contribution in [0.15, 0.2) is 42.5 Å². The second-order valence-corrected chi connectivity index (χ2v) is 4.96. The van der Waals surface area contributed by atoms with Gasteiger partial charge in [0, 0.05) is 31.7 Å². The summed E-state index contributed by atoms with van der Waals surface area (Å²) in [6.07, 6.45) is 5.62. The predicted molar refractivity (Wildman–Crippen MR) is 77.7 cm³/mol. The molecule has 2 unspecified atom stereocenters. The molecule has 1 aliphatic rings. The predicted octanol–water partition coefficient (Wildman–Crippen LogP) is 2.99. The molecular formula is C16H24N2. The van der Waals surface area contributed by atoms with Gasteiger partial charge < -0.3 is 5.32 Å². The third-order valence-corrected chi connectivity index (χ3v) is 3.78. The summed E-state index contributed by atoms with van der Waals surface area (Å²) in [7, 11) is 0. The van der Waals surface area contributed by atoms with Gasteiger partial charge in [-0.2, -0.15) is 0 Å². The Morgan fingerprint density at radius 2 is 2.11 bits per heavy atom. The van der Waals surface area contributed by atoms with Crippen molar-refractivity contribution in [2.24, 2.45) is 0 Å². The molecule has 0 amide bonds. The van der Waals surface area contributed by atoms with Gasteiger partial charge in [0.15, 0.2) is 0 Å². The first-order valence-corrected chi connectivity index (χ1v) is 6.98. The van der Waals surface area contributed by atoms with Crippen molar-refractivity contribution in [2.45, 2.75) is 32.4 Å². The van der Waals surface area contributed by atoms with E-state index in [2.05, 4.69) is 66.5 Å². The zero-order valence-electron chi connectivity index (χ0n) is 11.5. The van der Waals surface area contributed by atoms with E-state index in [-0.39, 0.29) is 0 Å². The van der Waals surface area contributed by atoms with Gasteiger partial charge in [-0.15, -0.1) is 0 Å². The van der Waals surface area contributed by atoms with Crippen molar-refractivity contribution < 1.29 is 0 Å². The molecule has 0 aliphatic carbocycles.